The van der Waals surface area contributed by atoms with Gasteiger partial charge in [-0.05, 0) is 30.3 Å². The topological polar surface area (TPSA) is 202 Å². The van der Waals surface area contributed by atoms with E-state index in [0.29, 0.717) is 11.8 Å². The second kappa shape index (κ2) is 9.56. The van der Waals surface area contributed by atoms with Crippen molar-refractivity contribution in [2.24, 2.45) is 21.5 Å². The van der Waals surface area contributed by atoms with Gasteiger partial charge in [-0.3, -0.25) is 19.4 Å². The summed E-state index contributed by atoms with van der Waals surface area (Å²) >= 11 is 0. The molecule has 0 radical (unpaired) electrons. The molecule has 4 aliphatic heterocycles. The van der Waals surface area contributed by atoms with E-state index in [1.165, 1.54) is 9.80 Å². The lowest BCUT2D eigenvalue weighted by Crippen LogP contribution is -2.78. The Bertz CT molecular complexity index is 1570. The summed E-state index contributed by atoms with van der Waals surface area (Å²) in [6.45, 7) is -0.916. The normalized spacial score (nSPS) is 27.8. The molecule has 4 heterocycles. The zero-order valence-electron chi connectivity index (χ0n) is 22.2. The summed E-state index contributed by atoms with van der Waals surface area (Å²) in [6, 6.07) is 7.70. The molecule has 6 rings (SSSR count). The summed E-state index contributed by atoms with van der Waals surface area (Å²) in [6.07, 6.45) is -4.70. The zero-order chi connectivity index (χ0) is 30.9. The number of aliphatic hydroxyl groups is 2. The lowest BCUT2D eigenvalue weighted by atomic mass is 9.84. The standard InChI is InChI=1S/C26H26F3N9O5/c27-26(28,29)14-6-4-5-13(9-14)20(40)33-17-11-38-22(31)32-16(19-24(38,25(17,42)43)35-21(30)34-19)10-37-18(39)12-36(23(37)41)15-7-2-1-3-8-15/h1-9,16-17,19,42-43H,10-12H2,(H2,31,32)(H,33,40)(H3,30,34,35)/t16-,17-,19-,24-/m0/s1. The number of para-hydroxylation sites is 1. The largest absolute Gasteiger partial charge is 0.416 e. The first kappa shape index (κ1) is 28.2. The van der Waals surface area contributed by atoms with Gasteiger partial charge in [0.05, 0.1) is 18.2 Å². The molecule has 2 saturated heterocycles. The van der Waals surface area contributed by atoms with E-state index in [1.807, 2.05) is 0 Å². The number of rotatable bonds is 5. The minimum Gasteiger partial charge on any atom is -0.370 e. The molecule has 4 atom stereocenters. The Labute approximate surface area is 241 Å². The lowest BCUT2D eigenvalue weighted by molar-refractivity contribution is -0.230. The third-order valence-corrected chi connectivity index (χ3v) is 8.05. The van der Waals surface area contributed by atoms with Crippen molar-refractivity contribution in [3.63, 3.8) is 0 Å². The maximum Gasteiger partial charge on any atom is 0.416 e. The van der Waals surface area contributed by atoms with Crippen molar-refractivity contribution in [2.45, 2.75) is 35.8 Å². The first-order chi connectivity index (χ1) is 20.2. The van der Waals surface area contributed by atoms with Gasteiger partial charge in [-0.25, -0.2) is 14.8 Å². The van der Waals surface area contributed by atoms with E-state index in [4.69, 9.17) is 11.5 Å². The van der Waals surface area contributed by atoms with Gasteiger partial charge in [0.25, 0.3) is 11.8 Å². The monoisotopic (exact) mass is 601 g/mol. The number of alkyl halides is 3. The molecule has 0 aromatic heterocycles. The smallest absolute Gasteiger partial charge is 0.370 e. The van der Waals surface area contributed by atoms with Crippen molar-refractivity contribution in [1.29, 1.82) is 0 Å². The third kappa shape index (κ3) is 4.30. The van der Waals surface area contributed by atoms with Gasteiger partial charge in [-0.2, -0.15) is 13.2 Å². The second-order valence-electron chi connectivity index (χ2n) is 10.6. The molecule has 14 nitrogen and oxygen atoms in total. The summed E-state index contributed by atoms with van der Waals surface area (Å²) in [7, 11) is 0. The van der Waals surface area contributed by atoms with Crippen LogP contribution in [-0.2, 0) is 11.0 Å². The summed E-state index contributed by atoms with van der Waals surface area (Å²) in [5.74, 6) is -4.88. The number of amides is 4. The van der Waals surface area contributed by atoms with Crippen molar-refractivity contribution in [3.8, 4) is 0 Å². The maximum atomic E-state index is 13.2. The molecule has 0 aliphatic carbocycles. The highest BCUT2D eigenvalue weighted by molar-refractivity contribution is 6.12. The molecule has 226 valence electrons. The molecule has 2 fully saturated rings. The highest BCUT2D eigenvalue weighted by Crippen LogP contribution is 2.45. The third-order valence-electron chi connectivity index (χ3n) is 8.05. The van der Waals surface area contributed by atoms with Gasteiger partial charge in [0.15, 0.2) is 17.6 Å². The van der Waals surface area contributed by atoms with E-state index < -0.39 is 59.2 Å². The molecule has 2 aromatic carbocycles. The number of carbonyl (C=O) groups is 3. The molecule has 43 heavy (non-hydrogen) atoms. The highest BCUT2D eigenvalue weighted by atomic mass is 19.4. The SMILES string of the molecule is NC1=N[C@H]2[C@H](CN3C(=O)CN(c4ccccc4)C3=O)N=C(N)N3C[C@H](NC(=O)c4cccc(C(F)(F)F)c4)C(O)(O)[C@]23N1. The number of aliphatic imine (C=N–C) groups is 2. The Kier molecular flexibility index (Phi) is 6.28. The molecule has 17 heteroatoms. The summed E-state index contributed by atoms with van der Waals surface area (Å²) in [5.41, 5.74) is 9.29. The van der Waals surface area contributed by atoms with E-state index in [-0.39, 0.29) is 37.1 Å². The van der Waals surface area contributed by atoms with Gasteiger partial charge >= 0.3 is 12.2 Å². The van der Waals surface area contributed by atoms with Gasteiger partial charge in [-0.1, -0.05) is 24.3 Å². The van der Waals surface area contributed by atoms with Crippen LogP contribution in [0, 0.1) is 0 Å². The van der Waals surface area contributed by atoms with Crippen molar-refractivity contribution in [1.82, 2.24) is 20.4 Å². The van der Waals surface area contributed by atoms with E-state index in [0.717, 1.165) is 23.1 Å². The van der Waals surface area contributed by atoms with Crippen LogP contribution < -0.4 is 27.0 Å². The molecule has 0 unspecified atom stereocenters. The predicted octanol–water partition coefficient (Wildman–Crippen LogP) is -1.05. The maximum absolute atomic E-state index is 13.2. The van der Waals surface area contributed by atoms with Crippen LogP contribution in [0.3, 0.4) is 0 Å². The fourth-order valence-electron chi connectivity index (χ4n) is 6.03. The Hall–Kier alpha value is -4.90. The van der Waals surface area contributed by atoms with Gasteiger partial charge in [0.1, 0.15) is 18.6 Å². The van der Waals surface area contributed by atoms with Crippen molar-refractivity contribution < 1.29 is 37.8 Å². The number of hydrogen-bond donors (Lipinski definition) is 6. The molecular weight excluding hydrogens is 575 g/mol. The van der Waals surface area contributed by atoms with E-state index in [9.17, 15) is 37.8 Å². The number of imide groups is 1. The number of nitrogens with zero attached hydrogens (tertiary/aromatic N) is 5. The van der Waals surface area contributed by atoms with Crippen LogP contribution in [0.15, 0.2) is 64.6 Å². The molecular formula is C26H26F3N9O5. The number of halogens is 3. The zero-order valence-corrected chi connectivity index (χ0v) is 22.2. The Morgan fingerprint density at radius 3 is 2.51 bits per heavy atom. The molecule has 8 N–H and O–H groups in total. The molecule has 4 aliphatic rings. The second-order valence-corrected chi connectivity index (χ2v) is 10.6. The van der Waals surface area contributed by atoms with Gasteiger partial charge in [0, 0.05) is 17.8 Å². The highest BCUT2D eigenvalue weighted by Gasteiger charge is 2.73. The predicted molar refractivity (Wildman–Crippen MR) is 144 cm³/mol. The van der Waals surface area contributed by atoms with Crippen molar-refractivity contribution >= 4 is 35.5 Å². The Balaban J connectivity index is 1.27. The number of anilines is 1. The number of nitrogens with two attached hydrogens (primary N) is 2. The first-order valence-corrected chi connectivity index (χ1v) is 13.1. The van der Waals surface area contributed by atoms with Crippen LogP contribution in [-0.4, -0.2) is 99.0 Å². The molecule has 1 spiro atoms. The minimum atomic E-state index is -4.70. The summed E-state index contributed by atoms with van der Waals surface area (Å²) in [4.78, 5) is 51.3. The van der Waals surface area contributed by atoms with E-state index in [1.54, 1.807) is 30.3 Å². The first-order valence-electron chi connectivity index (χ1n) is 13.1. The number of guanidine groups is 2. The fraction of sp³-hybridized carbons (Fsp3) is 0.346. The summed E-state index contributed by atoms with van der Waals surface area (Å²) in [5, 5.41) is 28.2. The van der Waals surface area contributed by atoms with Gasteiger partial charge < -0.3 is 37.2 Å². The average molecular weight is 602 g/mol. The van der Waals surface area contributed by atoms with Crippen LogP contribution in [0.2, 0.25) is 0 Å². The van der Waals surface area contributed by atoms with Crippen LogP contribution >= 0.6 is 0 Å². The van der Waals surface area contributed by atoms with E-state index >= 15 is 0 Å². The quantitative estimate of drug-likeness (QED) is 0.183. The number of carbonyl (C=O) groups excluding carboxylic acids is 3. The van der Waals surface area contributed by atoms with E-state index in [2.05, 4.69) is 20.6 Å². The van der Waals surface area contributed by atoms with Gasteiger partial charge in [0.2, 0.25) is 5.79 Å². The number of benzene rings is 2. The minimum absolute atomic E-state index is 0.228. The van der Waals surface area contributed by atoms with Gasteiger partial charge in [-0.15, -0.1) is 0 Å². The average Bonchev–Trinajstić information content (AvgIpc) is 3.54. The molecule has 4 amide bonds. The lowest BCUT2D eigenvalue weighted by Gasteiger charge is -2.49. The van der Waals surface area contributed by atoms with Crippen molar-refractivity contribution in [3.05, 3.63) is 65.7 Å². The molecule has 0 saturated carbocycles. The number of urea groups is 1. The molecule has 0 bridgehead atoms. The van der Waals surface area contributed by atoms with Crippen LogP contribution in [0.4, 0.5) is 23.7 Å². The van der Waals surface area contributed by atoms with Crippen LogP contribution in [0.1, 0.15) is 15.9 Å². The number of nitrogens with one attached hydrogen (secondary N) is 2. The number of hydrogen-bond acceptors (Lipinski definition) is 11. The van der Waals surface area contributed by atoms with Crippen molar-refractivity contribution in [2.75, 3.05) is 24.5 Å². The van der Waals surface area contributed by atoms with Crippen LogP contribution in [0.25, 0.3) is 0 Å². The summed E-state index contributed by atoms with van der Waals surface area (Å²) < 4.78 is 39.6. The Morgan fingerprint density at radius 2 is 1.81 bits per heavy atom. The fourth-order valence-corrected chi connectivity index (χ4v) is 6.03. The molecule has 2 aromatic rings. The van der Waals surface area contributed by atoms with Crippen LogP contribution in [0.5, 0.6) is 0 Å². The Morgan fingerprint density at radius 1 is 1.09 bits per heavy atom.